The van der Waals surface area contributed by atoms with E-state index in [0.717, 1.165) is 11.1 Å². The molecule has 2 aromatic carbocycles. The van der Waals surface area contributed by atoms with Gasteiger partial charge < -0.3 is 9.47 Å². The van der Waals surface area contributed by atoms with Crippen LogP contribution in [0.5, 0.6) is 0 Å². The van der Waals surface area contributed by atoms with Crippen LogP contribution in [0.15, 0.2) is 48.5 Å². The predicted octanol–water partition coefficient (Wildman–Crippen LogP) is 6.58. The molecule has 0 aromatic heterocycles. The average molecular weight is 449 g/mol. The highest BCUT2D eigenvalue weighted by Gasteiger charge is 2.22. The van der Waals surface area contributed by atoms with Gasteiger partial charge in [0.25, 0.3) is 0 Å². The van der Waals surface area contributed by atoms with Crippen molar-refractivity contribution in [2.24, 2.45) is 0 Å². The summed E-state index contributed by atoms with van der Waals surface area (Å²) in [6.07, 6.45) is 8.38. The third-order valence-electron chi connectivity index (χ3n) is 4.09. The monoisotopic (exact) mass is 448 g/mol. The van der Waals surface area contributed by atoms with Crippen LogP contribution in [0.25, 0.3) is 12.2 Å². The molecular weight excluding hydrogens is 416 g/mol. The second kappa shape index (κ2) is 10.7. The standard InChI is InChI=1S/C27H32N2O4/c1-8-19-29(25(31)33-27(5,6)7)23-17-13-21(14-18-23)10-9-20-11-15-22(16-12-20)28-24(30)32-26(2,3)4/h1,9-18H,19H2,2-7H3,(H,28,30)/b10-9+. The largest absolute Gasteiger partial charge is 0.444 e. The molecule has 6 heteroatoms. The van der Waals surface area contributed by atoms with E-state index in [4.69, 9.17) is 15.9 Å². The van der Waals surface area contributed by atoms with E-state index in [1.807, 2.05) is 102 Å². The van der Waals surface area contributed by atoms with Crippen molar-refractivity contribution in [1.29, 1.82) is 0 Å². The number of benzene rings is 2. The summed E-state index contributed by atoms with van der Waals surface area (Å²) in [6.45, 7) is 11.0. The predicted molar refractivity (Wildman–Crippen MR) is 134 cm³/mol. The van der Waals surface area contributed by atoms with Gasteiger partial charge in [0.15, 0.2) is 0 Å². The van der Waals surface area contributed by atoms with E-state index < -0.39 is 23.4 Å². The fourth-order valence-electron chi connectivity index (χ4n) is 2.73. The molecule has 174 valence electrons. The minimum atomic E-state index is -0.607. The van der Waals surface area contributed by atoms with E-state index >= 15 is 0 Å². The van der Waals surface area contributed by atoms with E-state index in [0.29, 0.717) is 11.4 Å². The van der Waals surface area contributed by atoms with Crippen molar-refractivity contribution in [3.05, 3.63) is 59.7 Å². The van der Waals surface area contributed by atoms with Crippen LogP contribution in [0.2, 0.25) is 0 Å². The van der Waals surface area contributed by atoms with Gasteiger partial charge >= 0.3 is 12.2 Å². The molecule has 0 fully saturated rings. The van der Waals surface area contributed by atoms with Gasteiger partial charge in [-0.05, 0) is 76.9 Å². The first kappa shape index (κ1) is 25.5. The molecule has 0 radical (unpaired) electrons. The molecule has 0 saturated heterocycles. The number of amides is 2. The highest BCUT2D eigenvalue weighted by molar-refractivity contribution is 5.89. The minimum Gasteiger partial charge on any atom is -0.444 e. The molecule has 0 spiro atoms. The van der Waals surface area contributed by atoms with E-state index in [1.165, 1.54) is 4.90 Å². The molecule has 2 amide bonds. The zero-order chi connectivity index (χ0) is 24.6. The molecule has 1 N–H and O–H groups in total. The van der Waals surface area contributed by atoms with Gasteiger partial charge in [-0.3, -0.25) is 10.2 Å². The Bertz CT molecular complexity index is 1020. The lowest BCUT2D eigenvalue weighted by atomic mass is 10.1. The summed E-state index contributed by atoms with van der Waals surface area (Å²) >= 11 is 0. The number of nitrogens with zero attached hydrogens (tertiary/aromatic N) is 1. The first-order valence-electron chi connectivity index (χ1n) is 10.7. The van der Waals surface area contributed by atoms with Gasteiger partial charge in [0.2, 0.25) is 0 Å². The highest BCUT2D eigenvalue weighted by Crippen LogP contribution is 2.20. The smallest absolute Gasteiger partial charge is 0.415 e. The molecule has 2 rings (SSSR count). The van der Waals surface area contributed by atoms with Gasteiger partial charge in [-0.25, -0.2) is 9.59 Å². The molecule has 0 bridgehead atoms. The minimum absolute atomic E-state index is 0.119. The molecule has 0 unspecified atom stereocenters. The topological polar surface area (TPSA) is 67.9 Å². The number of carbonyl (C=O) groups is 2. The van der Waals surface area contributed by atoms with E-state index in [9.17, 15) is 9.59 Å². The fourth-order valence-corrected chi connectivity index (χ4v) is 2.73. The molecule has 0 saturated carbocycles. The summed E-state index contributed by atoms with van der Waals surface area (Å²) in [7, 11) is 0. The van der Waals surface area contributed by atoms with Crippen LogP contribution in [0, 0.1) is 12.3 Å². The first-order chi connectivity index (χ1) is 15.4. The van der Waals surface area contributed by atoms with Gasteiger partial charge in [0.1, 0.15) is 11.2 Å². The van der Waals surface area contributed by atoms with Crippen LogP contribution in [0.1, 0.15) is 52.7 Å². The van der Waals surface area contributed by atoms with Crippen molar-refractivity contribution in [1.82, 2.24) is 0 Å². The van der Waals surface area contributed by atoms with E-state index in [-0.39, 0.29) is 6.54 Å². The average Bonchev–Trinajstić information content (AvgIpc) is 2.69. The van der Waals surface area contributed by atoms with Gasteiger partial charge in [-0.15, -0.1) is 6.42 Å². The number of terminal acetylenes is 1. The molecule has 6 nitrogen and oxygen atoms in total. The number of anilines is 2. The molecular formula is C27H32N2O4. The Kier molecular flexibility index (Phi) is 8.31. The number of nitrogens with one attached hydrogen (secondary N) is 1. The number of carbonyl (C=O) groups excluding carboxylic acids is 2. The van der Waals surface area contributed by atoms with Crippen LogP contribution in [0.4, 0.5) is 21.0 Å². The number of rotatable bonds is 5. The van der Waals surface area contributed by atoms with Crippen molar-refractivity contribution in [3.8, 4) is 12.3 Å². The van der Waals surface area contributed by atoms with Crippen LogP contribution in [-0.2, 0) is 9.47 Å². The lowest BCUT2D eigenvalue weighted by Gasteiger charge is -2.26. The lowest BCUT2D eigenvalue weighted by molar-refractivity contribution is 0.0582. The van der Waals surface area contributed by atoms with Gasteiger partial charge in [-0.1, -0.05) is 42.3 Å². The lowest BCUT2D eigenvalue weighted by Crippen LogP contribution is -2.37. The molecule has 0 aliphatic rings. The van der Waals surface area contributed by atoms with Crippen LogP contribution >= 0.6 is 0 Å². The molecule has 0 atom stereocenters. The maximum absolute atomic E-state index is 12.5. The maximum atomic E-state index is 12.5. The van der Waals surface area contributed by atoms with Crippen LogP contribution < -0.4 is 10.2 Å². The Labute approximate surface area is 196 Å². The Morgan fingerprint density at radius 3 is 1.82 bits per heavy atom. The summed E-state index contributed by atoms with van der Waals surface area (Å²) in [5.74, 6) is 2.50. The number of ether oxygens (including phenoxy) is 2. The molecule has 0 aliphatic carbocycles. The summed E-state index contributed by atoms with van der Waals surface area (Å²) in [5, 5.41) is 2.71. The summed E-state index contributed by atoms with van der Waals surface area (Å²) in [4.78, 5) is 25.8. The Balaban J connectivity index is 2.03. The molecule has 0 heterocycles. The van der Waals surface area contributed by atoms with Crippen molar-refractivity contribution < 1.29 is 19.1 Å². The zero-order valence-corrected chi connectivity index (χ0v) is 20.1. The SMILES string of the molecule is C#CCN(C(=O)OC(C)(C)C)c1ccc(/C=C/c2ccc(NC(=O)OC(C)(C)C)cc2)cc1. The fraction of sp³-hybridized carbons (Fsp3) is 0.333. The van der Waals surface area contributed by atoms with E-state index in [2.05, 4.69) is 11.2 Å². The number of hydrogen-bond donors (Lipinski definition) is 1. The van der Waals surface area contributed by atoms with Crippen molar-refractivity contribution in [2.75, 3.05) is 16.8 Å². The molecule has 2 aromatic rings. The third kappa shape index (κ3) is 9.12. The normalized spacial score (nSPS) is 11.5. The quantitative estimate of drug-likeness (QED) is 0.414. The summed E-state index contributed by atoms with van der Waals surface area (Å²) < 4.78 is 10.7. The van der Waals surface area contributed by atoms with Gasteiger partial charge in [0, 0.05) is 11.4 Å². The Morgan fingerprint density at radius 2 is 1.36 bits per heavy atom. The van der Waals surface area contributed by atoms with Gasteiger partial charge in [0.05, 0.1) is 6.54 Å². The van der Waals surface area contributed by atoms with Crippen molar-refractivity contribution in [2.45, 2.75) is 52.7 Å². The Morgan fingerprint density at radius 1 is 0.879 bits per heavy atom. The van der Waals surface area contributed by atoms with Crippen LogP contribution in [-0.4, -0.2) is 29.9 Å². The number of hydrogen-bond acceptors (Lipinski definition) is 4. The van der Waals surface area contributed by atoms with Crippen molar-refractivity contribution in [3.63, 3.8) is 0 Å². The maximum Gasteiger partial charge on any atom is 0.415 e. The van der Waals surface area contributed by atoms with Gasteiger partial charge in [-0.2, -0.15) is 0 Å². The highest BCUT2D eigenvalue weighted by atomic mass is 16.6. The molecule has 0 aliphatic heterocycles. The first-order valence-corrected chi connectivity index (χ1v) is 10.7. The summed E-state index contributed by atoms with van der Waals surface area (Å²) in [5.41, 5.74) is 2.09. The Hall–Kier alpha value is -3.72. The zero-order valence-electron chi connectivity index (χ0n) is 20.1. The van der Waals surface area contributed by atoms with Crippen molar-refractivity contribution >= 4 is 35.7 Å². The second-order valence-electron chi connectivity index (χ2n) is 9.44. The third-order valence-corrected chi connectivity index (χ3v) is 4.09. The molecule has 33 heavy (non-hydrogen) atoms. The second-order valence-corrected chi connectivity index (χ2v) is 9.44. The summed E-state index contributed by atoms with van der Waals surface area (Å²) in [6, 6.07) is 14.9. The van der Waals surface area contributed by atoms with E-state index in [1.54, 1.807) is 0 Å². The van der Waals surface area contributed by atoms with Crippen LogP contribution in [0.3, 0.4) is 0 Å².